The second-order valence-corrected chi connectivity index (χ2v) is 9.10. The summed E-state index contributed by atoms with van der Waals surface area (Å²) in [4.78, 5) is 28.8. The smallest absolute Gasteiger partial charge is 0.416 e. The zero-order valence-electron chi connectivity index (χ0n) is 20.0. The molecule has 0 amide bonds. The number of ether oxygens (including phenoxy) is 2. The number of benzene rings is 3. The van der Waals surface area contributed by atoms with E-state index >= 15 is 0 Å². The summed E-state index contributed by atoms with van der Waals surface area (Å²) in [5.41, 5.74) is -0.914. The Labute approximate surface area is 232 Å². The van der Waals surface area contributed by atoms with Crippen molar-refractivity contribution < 1.29 is 32.5 Å². The predicted octanol–water partition coefficient (Wildman–Crippen LogP) is 6.24. The average molecular weight is 625 g/mol. The highest BCUT2D eigenvalue weighted by Crippen LogP contribution is 2.42. The van der Waals surface area contributed by atoms with E-state index in [2.05, 4.69) is 26.0 Å². The molecule has 0 aliphatic rings. The van der Waals surface area contributed by atoms with Crippen molar-refractivity contribution >= 4 is 50.6 Å². The number of carbonyl (C=O) groups is 1. The minimum absolute atomic E-state index is 0.00858. The molecular weight excluding hydrogens is 607 g/mol. The maximum absolute atomic E-state index is 13.4. The van der Waals surface area contributed by atoms with Crippen molar-refractivity contribution in [3.63, 3.8) is 0 Å². The fourth-order valence-corrected chi connectivity index (χ4v) is 4.26. The van der Waals surface area contributed by atoms with Crippen LogP contribution in [0.25, 0.3) is 22.3 Å². The molecule has 0 aliphatic carbocycles. The number of rotatable bonds is 8. The van der Waals surface area contributed by atoms with E-state index in [9.17, 15) is 22.8 Å². The third-order valence-electron chi connectivity index (χ3n) is 5.31. The quantitative estimate of drug-likeness (QED) is 0.233. The lowest BCUT2D eigenvalue weighted by molar-refractivity contribution is -0.139. The number of hydrogen-bond acceptors (Lipinski definition) is 6. The van der Waals surface area contributed by atoms with Gasteiger partial charge in [-0.05, 0) is 53.2 Å². The third kappa shape index (κ3) is 6.07. The highest BCUT2D eigenvalue weighted by molar-refractivity contribution is 9.10. The standard InChI is InChI=1S/C26H18BrClF3N3O5/c1-2-38-19-11-15(21(27)22(28)23(19)39-13-20(35)36)12-32-34-24(14-6-5-7-16(10-14)26(29,30)31)33-18-9-4-3-8-17(18)25(34)37/h3-12H,2,13H2,1H3,(H,35,36). The molecule has 4 aromatic rings. The van der Waals surface area contributed by atoms with Crippen molar-refractivity contribution in [1.82, 2.24) is 9.66 Å². The number of alkyl halides is 3. The number of aliphatic carboxylic acids is 1. The van der Waals surface area contributed by atoms with Gasteiger partial charge in [0.1, 0.15) is 5.02 Å². The Bertz CT molecular complexity index is 1660. The van der Waals surface area contributed by atoms with Crippen LogP contribution < -0.4 is 15.0 Å². The fraction of sp³-hybridized carbons (Fsp3) is 0.154. The molecule has 0 saturated carbocycles. The first-order valence-corrected chi connectivity index (χ1v) is 12.4. The Kier molecular flexibility index (Phi) is 8.26. The van der Waals surface area contributed by atoms with Gasteiger partial charge in [-0.1, -0.05) is 35.9 Å². The highest BCUT2D eigenvalue weighted by Gasteiger charge is 2.31. The molecule has 1 heterocycles. The Morgan fingerprint density at radius 1 is 1.18 bits per heavy atom. The zero-order valence-corrected chi connectivity index (χ0v) is 22.3. The Morgan fingerprint density at radius 3 is 2.62 bits per heavy atom. The Morgan fingerprint density at radius 2 is 1.92 bits per heavy atom. The maximum atomic E-state index is 13.4. The van der Waals surface area contributed by atoms with Crippen molar-refractivity contribution in [2.75, 3.05) is 13.2 Å². The van der Waals surface area contributed by atoms with Gasteiger partial charge in [0, 0.05) is 15.6 Å². The number of para-hydroxylation sites is 1. The van der Waals surface area contributed by atoms with Gasteiger partial charge in [-0.2, -0.15) is 22.9 Å². The molecule has 0 aliphatic heterocycles. The molecule has 39 heavy (non-hydrogen) atoms. The van der Waals surface area contributed by atoms with Gasteiger partial charge in [0.2, 0.25) is 0 Å². The molecule has 0 radical (unpaired) electrons. The van der Waals surface area contributed by atoms with E-state index in [0.717, 1.165) is 16.8 Å². The number of carboxylic acids is 1. The normalized spacial score (nSPS) is 11.7. The number of aromatic nitrogens is 2. The summed E-state index contributed by atoms with van der Waals surface area (Å²) in [5.74, 6) is -1.23. The molecule has 0 unspecified atom stereocenters. The lowest BCUT2D eigenvalue weighted by Crippen LogP contribution is -2.20. The van der Waals surface area contributed by atoms with Crippen LogP contribution in [-0.2, 0) is 11.0 Å². The van der Waals surface area contributed by atoms with Crippen molar-refractivity contribution in [2.45, 2.75) is 13.1 Å². The first-order valence-electron chi connectivity index (χ1n) is 11.2. The zero-order chi connectivity index (χ0) is 28.3. The second kappa shape index (κ2) is 11.5. The van der Waals surface area contributed by atoms with Crippen LogP contribution in [0.5, 0.6) is 11.5 Å². The minimum Gasteiger partial charge on any atom is -0.490 e. The molecule has 0 atom stereocenters. The molecule has 4 rings (SSSR count). The van der Waals surface area contributed by atoms with E-state index in [1.807, 2.05) is 0 Å². The predicted molar refractivity (Wildman–Crippen MR) is 143 cm³/mol. The lowest BCUT2D eigenvalue weighted by Gasteiger charge is -2.15. The van der Waals surface area contributed by atoms with E-state index in [-0.39, 0.29) is 49.9 Å². The van der Waals surface area contributed by atoms with Crippen molar-refractivity contribution in [3.05, 3.63) is 85.6 Å². The summed E-state index contributed by atoms with van der Waals surface area (Å²) < 4.78 is 52.2. The molecule has 3 aromatic carbocycles. The molecule has 0 bridgehead atoms. The van der Waals surface area contributed by atoms with Crippen LogP contribution in [-0.4, -0.2) is 40.2 Å². The van der Waals surface area contributed by atoms with Crippen LogP contribution in [0.15, 0.2) is 69.0 Å². The molecule has 0 saturated heterocycles. The molecule has 0 spiro atoms. The van der Waals surface area contributed by atoms with E-state index in [1.165, 1.54) is 30.5 Å². The molecule has 202 valence electrons. The van der Waals surface area contributed by atoms with Gasteiger partial charge in [-0.3, -0.25) is 4.79 Å². The van der Waals surface area contributed by atoms with Crippen molar-refractivity contribution in [2.24, 2.45) is 5.10 Å². The minimum atomic E-state index is -4.61. The summed E-state index contributed by atoms with van der Waals surface area (Å²) >= 11 is 9.72. The van der Waals surface area contributed by atoms with Crippen molar-refractivity contribution in [3.8, 4) is 22.9 Å². The van der Waals surface area contributed by atoms with Gasteiger partial charge in [0.25, 0.3) is 5.56 Å². The van der Waals surface area contributed by atoms with E-state index < -0.39 is 29.9 Å². The summed E-state index contributed by atoms with van der Waals surface area (Å²) in [6, 6.07) is 12.3. The van der Waals surface area contributed by atoms with Crippen molar-refractivity contribution in [1.29, 1.82) is 0 Å². The lowest BCUT2D eigenvalue weighted by atomic mass is 10.1. The van der Waals surface area contributed by atoms with Crippen LogP contribution in [0.2, 0.25) is 5.02 Å². The number of hydrogen-bond donors (Lipinski definition) is 1. The molecule has 1 N–H and O–H groups in total. The van der Waals surface area contributed by atoms with Gasteiger partial charge in [0.15, 0.2) is 23.9 Å². The van der Waals surface area contributed by atoms with Crippen LogP contribution in [0.1, 0.15) is 18.1 Å². The molecular formula is C26H18BrClF3N3O5. The SMILES string of the molecule is CCOc1cc(C=Nn2c(-c3cccc(C(F)(F)F)c3)nc3ccccc3c2=O)c(Br)c(Cl)c1OCC(=O)O. The number of carboxylic acid groups (broad SMARTS) is 1. The first kappa shape index (κ1) is 28.1. The maximum Gasteiger partial charge on any atom is 0.416 e. The molecule has 0 fully saturated rings. The largest absolute Gasteiger partial charge is 0.490 e. The van der Waals surface area contributed by atoms with Gasteiger partial charge in [-0.25, -0.2) is 9.78 Å². The average Bonchev–Trinajstić information content (AvgIpc) is 2.90. The monoisotopic (exact) mass is 623 g/mol. The van der Waals surface area contributed by atoms with E-state index in [4.69, 9.17) is 26.2 Å². The number of nitrogens with zero attached hydrogens (tertiary/aromatic N) is 3. The topological polar surface area (TPSA) is 103 Å². The summed E-state index contributed by atoms with van der Waals surface area (Å²) in [7, 11) is 0. The Balaban J connectivity index is 1.89. The third-order valence-corrected chi connectivity index (χ3v) is 6.75. The van der Waals surface area contributed by atoms with Gasteiger partial charge in [-0.15, -0.1) is 0 Å². The Hall–Kier alpha value is -3.90. The fourth-order valence-electron chi connectivity index (χ4n) is 3.60. The molecule has 8 nitrogen and oxygen atoms in total. The van der Waals surface area contributed by atoms with Gasteiger partial charge < -0.3 is 14.6 Å². The summed E-state index contributed by atoms with van der Waals surface area (Å²) in [5, 5.41) is 13.4. The van der Waals surface area contributed by atoms with E-state index in [1.54, 1.807) is 25.1 Å². The van der Waals surface area contributed by atoms with Crippen LogP contribution in [0.4, 0.5) is 13.2 Å². The van der Waals surface area contributed by atoms with Crippen LogP contribution in [0, 0.1) is 0 Å². The summed E-state index contributed by atoms with van der Waals surface area (Å²) in [6.45, 7) is 1.23. The summed E-state index contributed by atoms with van der Waals surface area (Å²) in [6.07, 6.45) is -3.36. The van der Waals surface area contributed by atoms with Crippen LogP contribution in [0.3, 0.4) is 0 Å². The molecule has 1 aromatic heterocycles. The van der Waals surface area contributed by atoms with E-state index in [0.29, 0.717) is 5.56 Å². The van der Waals surface area contributed by atoms with Gasteiger partial charge >= 0.3 is 12.1 Å². The number of fused-ring (bicyclic) bond motifs is 1. The second-order valence-electron chi connectivity index (χ2n) is 7.93. The first-order chi connectivity index (χ1) is 18.5. The highest BCUT2D eigenvalue weighted by atomic mass is 79.9. The molecule has 13 heteroatoms. The van der Waals surface area contributed by atoms with Crippen LogP contribution >= 0.6 is 27.5 Å². The number of halogens is 5. The van der Waals surface area contributed by atoms with Gasteiger partial charge in [0.05, 0.1) is 29.3 Å².